The third kappa shape index (κ3) is 3.55. The summed E-state index contributed by atoms with van der Waals surface area (Å²) in [5, 5.41) is 0.629. The number of carbonyl (C=O) groups excluding carboxylic acids is 1. The van der Waals surface area contributed by atoms with Crippen LogP contribution in [0.4, 0.5) is 0 Å². The van der Waals surface area contributed by atoms with Crippen LogP contribution < -0.4 is 9.47 Å². The molecule has 120 valence electrons. The van der Waals surface area contributed by atoms with Gasteiger partial charge in [0.15, 0.2) is 11.5 Å². The van der Waals surface area contributed by atoms with Gasteiger partial charge < -0.3 is 14.4 Å². The molecule has 1 aliphatic rings. The van der Waals surface area contributed by atoms with Crippen molar-refractivity contribution in [3.63, 3.8) is 0 Å². The Kier molecular flexibility index (Phi) is 4.96. The summed E-state index contributed by atoms with van der Waals surface area (Å²) in [6.07, 6.45) is 0. The van der Waals surface area contributed by atoms with E-state index in [1.165, 1.54) is 0 Å². The Balaban J connectivity index is 1.80. The number of hydrogen-bond acceptors (Lipinski definition) is 3. The third-order valence-corrected chi connectivity index (χ3v) is 4.77. The highest BCUT2D eigenvalue weighted by Crippen LogP contribution is 2.33. The number of nitrogens with zero attached hydrogens (tertiary/aromatic N) is 1. The second-order valence-corrected chi connectivity index (χ2v) is 6.73. The number of benzene rings is 2. The van der Waals surface area contributed by atoms with Crippen LogP contribution in [-0.2, 0) is 6.54 Å². The van der Waals surface area contributed by atoms with Gasteiger partial charge in [0.2, 0.25) is 6.79 Å². The first-order valence-electron chi connectivity index (χ1n) is 7.21. The summed E-state index contributed by atoms with van der Waals surface area (Å²) in [5.41, 5.74) is 1.67. The number of hydrogen-bond donors (Lipinski definition) is 0. The second kappa shape index (κ2) is 6.97. The summed E-state index contributed by atoms with van der Waals surface area (Å²) < 4.78 is 11.6. The Morgan fingerprint density at radius 1 is 1.22 bits per heavy atom. The molecule has 0 aromatic heterocycles. The fourth-order valence-electron chi connectivity index (χ4n) is 2.42. The topological polar surface area (TPSA) is 38.8 Å². The van der Waals surface area contributed by atoms with Crippen LogP contribution in [-0.4, -0.2) is 24.1 Å². The average molecular weight is 444 g/mol. The first-order chi connectivity index (χ1) is 11.1. The summed E-state index contributed by atoms with van der Waals surface area (Å²) in [6.45, 7) is 3.35. The van der Waals surface area contributed by atoms with Gasteiger partial charge in [-0.3, -0.25) is 4.79 Å². The molecule has 0 spiro atoms. The minimum atomic E-state index is -0.00812. The standard InChI is InChI=1S/C17H15ClINO3/c1-2-20(17(21)13-5-4-12(18)8-14(13)19)9-11-3-6-15-16(7-11)23-10-22-15/h3-8H,2,9-10H2,1H3. The summed E-state index contributed by atoms with van der Waals surface area (Å²) in [6, 6.07) is 11.1. The molecule has 4 nitrogen and oxygen atoms in total. The van der Waals surface area contributed by atoms with Gasteiger partial charge in [0.05, 0.1) is 5.56 Å². The van der Waals surface area contributed by atoms with Crippen molar-refractivity contribution < 1.29 is 14.3 Å². The Morgan fingerprint density at radius 3 is 2.74 bits per heavy atom. The maximum absolute atomic E-state index is 12.8. The molecule has 0 N–H and O–H groups in total. The third-order valence-electron chi connectivity index (χ3n) is 3.64. The summed E-state index contributed by atoms with van der Waals surface area (Å²) in [4.78, 5) is 14.6. The van der Waals surface area contributed by atoms with Crippen LogP contribution in [0.25, 0.3) is 0 Å². The van der Waals surface area contributed by atoms with Crippen molar-refractivity contribution in [2.24, 2.45) is 0 Å². The van der Waals surface area contributed by atoms with Crippen LogP contribution in [0.15, 0.2) is 36.4 Å². The predicted molar refractivity (Wildman–Crippen MR) is 97.1 cm³/mol. The molecule has 2 aromatic carbocycles. The Hall–Kier alpha value is -1.47. The smallest absolute Gasteiger partial charge is 0.255 e. The summed E-state index contributed by atoms with van der Waals surface area (Å²) in [5.74, 6) is 1.47. The molecule has 0 fully saturated rings. The van der Waals surface area contributed by atoms with E-state index in [0.29, 0.717) is 23.7 Å². The first kappa shape index (κ1) is 16.4. The van der Waals surface area contributed by atoms with Crippen LogP contribution in [0, 0.1) is 3.57 Å². The van der Waals surface area contributed by atoms with Gasteiger partial charge >= 0.3 is 0 Å². The molecule has 6 heteroatoms. The average Bonchev–Trinajstić information content (AvgIpc) is 2.99. The minimum Gasteiger partial charge on any atom is -0.454 e. The van der Waals surface area contributed by atoms with Crippen molar-refractivity contribution in [1.82, 2.24) is 4.90 Å². The van der Waals surface area contributed by atoms with E-state index in [9.17, 15) is 4.79 Å². The maximum atomic E-state index is 12.8. The van der Waals surface area contributed by atoms with Crippen LogP contribution in [0.5, 0.6) is 11.5 Å². The van der Waals surface area contributed by atoms with E-state index in [2.05, 4.69) is 22.6 Å². The Morgan fingerprint density at radius 2 is 2.00 bits per heavy atom. The van der Waals surface area contributed by atoms with Gasteiger partial charge in [-0.1, -0.05) is 17.7 Å². The van der Waals surface area contributed by atoms with Crippen LogP contribution >= 0.6 is 34.2 Å². The number of fused-ring (bicyclic) bond motifs is 1. The largest absolute Gasteiger partial charge is 0.454 e. The fraction of sp³-hybridized carbons (Fsp3) is 0.235. The van der Waals surface area contributed by atoms with Crippen molar-refractivity contribution in [3.05, 3.63) is 56.1 Å². The molecule has 3 rings (SSSR count). The van der Waals surface area contributed by atoms with Crippen LogP contribution in [0.3, 0.4) is 0 Å². The van der Waals surface area contributed by atoms with Gasteiger partial charge in [-0.2, -0.15) is 0 Å². The van der Waals surface area contributed by atoms with Gasteiger partial charge in [-0.15, -0.1) is 0 Å². The fourth-order valence-corrected chi connectivity index (χ4v) is 3.52. The highest BCUT2D eigenvalue weighted by atomic mass is 127. The lowest BCUT2D eigenvalue weighted by atomic mass is 10.1. The molecule has 0 radical (unpaired) electrons. The second-order valence-electron chi connectivity index (χ2n) is 5.13. The van der Waals surface area contributed by atoms with Crippen molar-refractivity contribution in [2.75, 3.05) is 13.3 Å². The quantitative estimate of drug-likeness (QED) is 0.660. The van der Waals surface area contributed by atoms with E-state index in [1.807, 2.05) is 25.1 Å². The monoisotopic (exact) mass is 443 g/mol. The highest BCUT2D eigenvalue weighted by molar-refractivity contribution is 14.1. The molecule has 0 saturated heterocycles. The maximum Gasteiger partial charge on any atom is 0.255 e. The molecule has 0 unspecified atom stereocenters. The molecule has 0 saturated carbocycles. The molecule has 0 aliphatic carbocycles. The van der Waals surface area contributed by atoms with Crippen LogP contribution in [0.1, 0.15) is 22.8 Å². The lowest BCUT2D eigenvalue weighted by Gasteiger charge is -2.22. The number of halogens is 2. The van der Waals surface area contributed by atoms with Crippen molar-refractivity contribution in [1.29, 1.82) is 0 Å². The lowest BCUT2D eigenvalue weighted by Crippen LogP contribution is -2.30. The van der Waals surface area contributed by atoms with E-state index < -0.39 is 0 Å². The molecular formula is C17H15ClINO3. The first-order valence-corrected chi connectivity index (χ1v) is 8.67. The number of amides is 1. The lowest BCUT2D eigenvalue weighted by molar-refractivity contribution is 0.0751. The SMILES string of the molecule is CCN(Cc1ccc2c(c1)OCO2)C(=O)c1ccc(Cl)cc1I. The molecule has 2 aromatic rings. The molecule has 1 aliphatic heterocycles. The van der Waals surface area contributed by atoms with E-state index in [4.69, 9.17) is 21.1 Å². The molecule has 23 heavy (non-hydrogen) atoms. The minimum absolute atomic E-state index is 0.00812. The van der Waals surface area contributed by atoms with Gasteiger partial charge in [0.1, 0.15) is 0 Å². The molecular weight excluding hydrogens is 429 g/mol. The molecule has 0 atom stereocenters. The van der Waals surface area contributed by atoms with E-state index in [1.54, 1.807) is 23.1 Å². The van der Waals surface area contributed by atoms with Gasteiger partial charge in [0.25, 0.3) is 5.91 Å². The van der Waals surface area contributed by atoms with E-state index in [-0.39, 0.29) is 12.7 Å². The zero-order chi connectivity index (χ0) is 16.4. The van der Waals surface area contributed by atoms with Gasteiger partial charge in [-0.05, 0) is 65.4 Å². The zero-order valence-corrected chi connectivity index (χ0v) is 15.4. The number of ether oxygens (including phenoxy) is 2. The Labute approximate surface area is 153 Å². The van der Waals surface area contributed by atoms with E-state index in [0.717, 1.165) is 20.6 Å². The summed E-state index contributed by atoms with van der Waals surface area (Å²) >= 11 is 8.10. The molecule has 1 heterocycles. The van der Waals surface area contributed by atoms with Gasteiger partial charge in [0, 0.05) is 21.7 Å². The normalized spacial score (nSPS) is 12.3. The van der Waals surface area contributed by atoms with Crippen molar-refractivity contribution >= 4 is 40.1 Å². The Bertz CT molecular complexity index is 751. The van der Waals surface area contributed by atoms with Crippen molar-refractivity contribution in [2.45, 2.75) is 13.5 Å². The highest BCUT2D eigenvalue weighted by Gasteiger charge is 2.19. The predicted octanol–water partition coefficient (Wildman–Crippen LogP) is 4.34. The molecule has 1 amide bonds. The van der Waals surface area contributed by atoms with E-state index >= 15 is 0 Å². The number of rotatable bonds is 4. The number of carbonyl (C=O) groups is 1. The van der Waals surface area contributed by atoms with Gasteiger partial charge in [-0.25, -0.2) is 0 Å². The molecule has 0 bridgehead atoms. The van der Waals surface area contributed by atoms with Crippen LogP contribution in [0.2, 0.25) is 5.02 Å². The zero-order valence-electron chi connectivity index (χ0n) is 12.5. The summed E-state index contributed by atoms with van der Waals surface area (Å²) in [7, 11) is 0. The van der Waals surface area contributed by atoms with Crippen molar-refractivity contribution in [3.8, 4) is 11.5 Å².